The number of hydrogen-bond donors (Lipinski definition) is 1. The zero-order valence-electron chi connectivity index (χ0n) is 12.0. The number of furan rings is 1. The van der Waals surface area contributed by atoms with Gasteiger partial charge in [0.2, 0.25) is 5.91 Å². The molecule has 0 aromatic carbocycles. The normalized spacial score (nSPS) is 12.3. The lowest BCUT2D eigenvalue weighted by Crippen LogP contribution is -2.37. The van der Waals surface area contributed by atoms with Gasteiger partial charge in [-0.15, -0.1) is 0 Å². The van der Waals surface area contributed by atoms with Crippen LogP contribution in [0.15, 0.2) is 35.2 Å². The second-order valence-corrected chi connectivity index (χ2v) is 4.63. The van der Waals surface area contributed by atoms with E-state index in [2.05, 4.69) is 10.3 Å². The fourth-order valence-corrected chi connectivity index (χ4v) is 1.93. The second-order valence-electron chi connectivity index (χ2n) is 4.63. The summed E-state index contributed by atoms with van der Waals surface area (Å²) in [5.41, 5.74) is 0. The molecule has 1 unspecified atom stereocenters. The maximum atomic E-state index is 11.9. The first-order valence-electron chi connectivity index (χ1n) is 6.61. The third kappa shape index (κ3) is 3.08. The maximum absolute atomic E-state index is 11.9. The summed E-state index contributed by atoms with van der Waals surface area (Å²) in [6, 6.07) is 3.46. The van der Waals surface area contributed by atoms with Crippen LogP contribution in [0.5, 0.6) is 0 Å². The first kappa shape index (κ1) is 14.3. The van der Waals surface area contributed by atoms with Gasteiger partial charge in [0.25, 0.3) is 0 Å². The number of hydrogen-bond acceptors (Lipinski definition) is 4. The Labute approximate surface area is 118 Å². The van der Waals surface area contributed by atoms with Gasteiger partial charge < -0.3 is 13.9 Å². The molecule has 2 aromatic rings. The average molecular weight is 276 g/mol. The molecule has 0 spiro atoms. The van der Waals surface area contributed by atoms with Gasteiger partial charge in [-0.25, -0.2) is 4.98 Å². The monoisotopic (exact) mass is 276 g/mol. The molecule has 2 rings (SSSR count). The Balaban J connectivity index is 2.13. The van der Waals surface area contributed by atoms with Crippen LogP contribution in [0.3, 0.4) is 0 Å². The molecule has 1 amide bonds. The number of imidazole rings is 1. The second kappa shape index (κ2) is 6.38. The minimum atomic E-state index is -0.237. The summed E-state index contributed by atoms with van der Waals surface area (Å²) in [6.45, 7) is 2.87. The van der Waals surface area contributed by atoms with Gasteiger partial charge in [0.15, 0.2) is 0 Å². The summed E-state index contributed by atoms with van der Waals surface area (Å²) in [4.78, 5) is 17.9. The Bertz CT molecular complexity index is 547. The van der Waals surface area contributed by atoms with Crippen molar-refractivity contribution in [2.45, 2.75) is 13.0 Å². The van der Waals surface area contributed by atoms with Gasteiger partial charge in [0.05, 0.1) is 12.8 Å². The number of likely N-dealkylation sites (N-methyl/N-ethyl adjacent to an activating group) is 1. The zero-order valence-corrected chi connectivity index (χ0v) is 12.0. The number of aromatic nitrogens is 2. The van der Waals surface area contributed by atoms with Crippen molar-refractivity contribution in [3.8, 4) is 0 Å². The number of carbonyl (C=O) groups is 1. The molecule has 1 atom stereocenters. The van der Waals surface area contributed by atoms with Crippen molar-refractivity contribution in [1.29, 1.82) is 0 Å². The van der Waals surface area contributed by atoms with E-state index in [1.165, 1.54) is 0 Å². The van der Waals surface area contributed by atoms with Crippen molar-refractivity contribution in [3.05, 3.63) is 42.4 Å². The van der Waals surface area contributed by atoms with Crippen molar-refractivity contribution in [2.75, 3.05) is 20.1 Å². The highest BCUT2D eigenvalue weighted by Gasteiger charge is 2.21. The van der Waals surface area contributed by atoms with Crippen LogP contribution in [-0.4, -0.2) is 40.5 Å². The van der Waals surface area contributed by atoms with Crippen LogP contribution in [0.2, 0.25) is 0 Å². The molecule has 0 aliphatic heterocycles. The summed E-state index contributed by atoms with van der Waals surface area (Å²) < 4.78 is 7.36. The minimum absolute atomic E-state index is 0.0401. The van der Waals surface area contributed by atoms with Gasteiger partial charge in [-0.1, -0.05) is 0 Å². The van der Waals surface area contributed by atoms with Crippen LogP contribution in [0, 0.1) is 0 Å². The summed E-state index contributed by atoms with van der Waals surface area (Å²) >= 11 is 0. The third-order valence-corrected chi connectivity index (χ3v) is 3.30. The molecule has 6 nitrogen and oxygen atoms in total. The zero-order chi connectivity index (χ0) is 14.5. The predicted octanol–water partition coefficient (Wildman–Crippen LogP) is 1.17. The standard InChI is InChI=1S/C14H20N4O2/c1-4-17(2)12(19)10-16-13(11-6-5-9-20-11)14-15-7-8-18(14)3/h5-9,13,16H,4,10H2,1-3H3. The maximum Gasteiger partial charge on any atom is 0.236 e. The molecular weight excluding hydrogens is 256 g/mol. The van der Waals surface area contributed by atoms with E-state index in [0.29, 0.717) is 6.54 Å². The van der Waals surface area contributed by atoms with Crippen molar-refractivity contribution >= 4 is 5.91 Å². The highest BCUT2D eigenvalue weighted by Crippen LogP contribution is 2.20. The van der Waals surface area contributed by atoms with Gasteiger partial charge in [0.1, 0.15) is 17.6 Å². The average Bonchev–Trinajstić information content (AvgIpc) is 3.10. The lowest BCUT2D eigenvalue weighted by atomic mass is 10.2. The number of nitrogens with one attached hydrogen (secondary N) is 1. The Hall–Kier alpha value is -2.08. The summed E-state index contributed by atoms with van der Waals surface area (Å²) in [7, 11) is 3.70. The number of carbonyl (C=O) groups excluding carboxylic acids is 1. The highest BCUT2D eigenvalue weighted by atomic mass is 16.3. The molecule has 0 radical (unpaired) electrons. The summed E-state index contributed by atoms with van der Waals surface area (Å²) in [5, 5.41) is 3.21. The van der Waals surface area contributed by atoms with Crippen molar-refractivity contribution in [3.63, 3.8) is 0 Å². The fraction of sp³-hybridized carbons (Fsp3) is 0.429. The van der Waals surface area contributed by atoms with Gasteiger partial charge in [0, 0.05) is 33.0 Å². The van der Waals surface area contributed by atoms with Gasteiger partial charge >= 0.3 is 0 Å². The van der Waals surface area contributed by atoms with E-state index in [9.17, 15) is 4.79 Å². The number of nitrogens with zero attached hydrogens (tertiary/aromatic N) is 3. The molecule has 20 heavy (non-hydrogen) atoms. The largest absolute Gasteiger partial charge is 0.467 e. The molecule has 1 N–H and O–H groups in total. The van der Waals surface area contributed by atoms with Gasteiger partial charge in [-0.05, 0) is 19.1 Å². The first-order valence-corrected chi connectivity index (χ1v) is 6.61. The Kier molecular flexibility index (Phi) is 4.57. The quantitative estimate of drug-likeness (QED) is 0.860. The van der Waals surface area contributed by atoms with E-state index in [1.807, 2.05) is 36.9 Å². The van der Waals surface area contributed by atoms with Crippen molar-refractivity contribution in [2.24, 2.45) is 7.05 Å². The fourth-order valence-electron chi connectivity index (χ4n) is 1.93. The highest BCUT2D eigenvalue weighted by molar-refractivity contribution is 5.78. The number of aryl methyl sites for hydroxylation is 1. The first-order chi connectivity index (χ1) is 9.63. The van der Waals surface area contributed by atoms with Crippen LogP contribution >= 0.6 is 0 Å². The van der Waals surface area contributed by atoms with E-state index in [4.69, 9.17) is 4.42 Å². The lowest BCUT2D eigenvalue weighted by molar-refractivity contribution is -0.128. The van der Waals surface area contributed by atoms with Crippen molar-refractivity contribution < 1.29 is 9.21 Å². The lowest BCUT2D eigenvalue weighted by Gasteiger charge is -2.19. The summed E-state index contributed by atoms with van der Waals surface area (Å²) in [5.74, 6) is 1.59. The minimum Gasteiger partial charge on any atom is -0.467 e. The molecule has 2 heterocycles. The van der Waals surface area contributed by atoms with Crippen LogP contribution < -0.4 is 5.32 Å². The smallest absolute Gasteiger partial charge is 0.236 e. The molecule has 2 aromatic heterocycles. The molecule has 0 saturated heterocycles. The summed E-state index contributed by atoms with van der Waals surface area (Å²) in [6.07, 6.45) is 5.22. The van der Waals surface area contributed by atoms with Crippen molar-refractivity contribution in [1.82, 2.24) is 19.8 Å². The Morgan fingerprint density at radius 1 is 1.60 bits per heavy atom. The van der Waals surface area contributed by atoms with E-state index in [0.717, 1.165) is 11.6 Å². The topological polar surface area (TPSA) is 63.3 Å². The molecule has 0 bridgehead atoms. The number of amides is 1. The predicted molar refractivity (Wildman–Crippen MR) is 75.1 cm³/mol. The Morgan fingerprint density at radius 3 is 2.95 bits per heavy atom. The third-order valence-electron chi connectivity index (χ3n) is 3.30. The van der Waals surface area contributed by atoms with Crippen LogP contribution in [0.25, 0.3) is 0 Å². The molecule has 6 heteroatoms. The molecule has 108 valence electrons. The van der Waals surface area contributed by atoms with E-state index >= 15 is 0 Å². The molecule has 0 saturated carbocycles. The van der Waals surface area contributed by atoms with E-state index in [1.54, 1.807) is 24.4 Å². The Morgan fingerprint density at radius 2 is 2.40 bits per heavy atom. The van der Waals surface area contributed by atoms with Gasteiger partial charge in [-0.2, -0.15) is 0 Å². The van der Waals surface area contributed by atoms with Crippen LogP contribution in [0.1, 0.15) is 24.6 Å². The molecule has 0 fully saturated rings. The van der Waals surface area contributed by atoms with E-state index < -0.39 is 0 Å². The molecule has 0 aliphatic rings. The molecular formula is C14H20N4O2. The van der Waals surface area contributed by atoms with E-state index in [-0.39, 0.29) is 18.5 Å². The van der Waals surface area contributed by atoms with Crippen LogP contribution in [-0.2, 0) is 11.8 Å². The van der Waals surface area contributed by atoms with Crippen LogP contribution in [0.4, 0.5) is 0 Å². The number of rotatable bonds is 6. The molecule has 0 aliphatic carbocycles. The van der Waals surface area contributed by atoms with Gasteiger partial charge in [-0.3, -0.25) is 10.1 Å². The SMILES string of the molecule is CCN(C)C(=O)CNC(c1ccco1)c1nccn1C.